The van der Waals surface area contributed by atoms with Gasteiger partial charge < -0.3 is 19.6 Å². The van der Waals surface area contributed by atoms with Crippen LogP contribution < -0.4 is 0 Å². The lowest BCUT2D eigenvalue weighted by Gasteiger charge is -2.35. The Morgan fingerprint density at radius 3 is 2.62 bits per heavy atom. The van der Waals surface area contributed by atoms with E-state index in [1.807, 2.05) is 6.07 Å². The van der Waals surface area contributed by atoms with Gasteiger partial charge in [0.05, 0.1) is 25.2 Å². The highest BCUT2D eigenvalue weighted by molar-refractivity contribution is 5.76. The fourth-order valence-electron chi connectivity index (χ4n) is 4.04. The Bertz CT molecular complexity index is 622. The summed E-state index contributed by atoms with van der Waals surface area (Å²) in [4.78, 5) is 21.2. The van der Waals surface area contributed by atoms with E-state index in [1.165, 1.54) is 5.56 Å². The number of hydrogen-bond acceptors (Lipinski definition) is 6. The Hall–Kier alpha value is -1.51. The molecule has 2 heterocycles. The van der Waals surface area contributed by atoms with Gasteiger partial charge in [-0.15, -0.1) is 0 Å². The van der Waals surface area contributed by atoms with Crippen LogP contribution in [0.1, 0.15) is 12.0 Å². The standard InChI is InChI=1S/C22H36N4O3/c1-23-8-10-25(11-9-23)17-20(27)16-24(2)22(28)14-21-18-26(12-13-29-21)15-19-6-4-3-5-7-19/h3-7,20-21,27H,8-18H2,1-2H3/t20-,21+/m1/s1. The first-order valence-electron chi connectivity index (χ1n) is 10.7. The Kier molecular flexibility index (Phi) is 8.44. The van der Waals surface area contributed by atoms with Crippen molar-refractivity contribution in [2.45, 2.75) is 25.2 Å². The van der Waals surface area contributed by atoms with E-state index in [2.05, 4.69) is 46.0 Å². The van der Waals surface area contributed by atoms with E-state index in [9.17, 15) is 9.90 Å². The normalized spacial score (nSPS) is 23.1. The third kappa shape index (κ3) is 7.35. The third-order valence-electron chi connectivity index (χ3n) is 5.85. The Labute approximate surface area is 174 Å². The smallest absolute Gasteiger partial charge is 0.225 e. The molecule has 7 heteroatoms. The molecular weight excluding hydrogens is 368 g/mol. The zero-order chi connectivity index (χ0) is 20.6. The predicted octanol–water partition coefficient (Wildman–Crippen LogP) is 0.344. The maximum atomic E-state index is 12.6. The van der Waals surface area contributed by atoms with E-state index in [4.69, 9.17) is 4.74 Å². The van der Waals surface area contributed by atoms with Crippen LogP contribution in [0, 0.1) is 0 Å². The molecule has 0 saturated carbocycles. The van der Waals surface area contributed by atoms with E-state index >= 15 is 0 Å². The van der Waals surface area contributed by atoms with Crippen LogP contribution in [-0.2, 0) is 16.1 Å². The molecule has 1 N–H and O–H groups in total. The Balaban J connectivity index is 1.39. The molecule has 2 atom stereocenters. The Morgan fingerprint density at radius 1 is 1.17 bits per heavy atom. The molecule has 0 radical (unpaired) electrons. The molecule has 1 amide bonds. The van der Waals surface area contributed by atoms with Gasteiger partial charge in [-0.05, 0) is 12.6 Å². The second kappa shape index (κ2) is 11.0. The molecule has 2 aliphatic rings. The summed E-state index contributed by atoms with van der Waals surface area (Å²) in [5, 5.41) is 10.4. The van der Waals surface area contributed by atoms with E-state index in [-0.39, 0.29) is 12.0 Å². The summed E-state index contributed by atoms with van der Waals surface area (Å²) in [5.74, 6) is 0.0361. The minimum Gasteiger partial charge on any atom is -0.390 e. The van der Waals surface area contributed by atoms with Gasteiger partial charge in [-0.3, -0.25) is 14.6 Å². The molecule has 0 aliphatic carbocycles. The molecule has 0 spiro atoms. The number of piperazine rings is 1. The largest absolute Gasteiger partial charge is 0.390 e. The molecule has 0 aromatic heterocycles. The van der Waals surface area contributed by atoms with Crippen molar-refractivity contribution >= 4 is 5.91 Å². The van der Waals surface area contributed by atoms with Crippen molar-refractivity contribution < 1.29 is 14.6 Å². The number of ether oxygens (including phenoxy) is 1. The van der Waals surface area contributed by atoms with Crippen molar-refractivity contribution in [2.24, 2.45) is 0 Å². The molecule has 29 heavy (non-hydrogen) atoms. The van der Waals surface area contributed by atoms with E-state index in [0.29, 0.717) is 26.1 Å². The highest BCUT2D eigenvalue weighted by atomic mass is 16.5. The molecule has 7 nitrogen and oxygen atoms in total. The number of morpholine rings is 1. The van der Waals surface area contributed by atoms with Crippen LogP contribution in [0.3, 0.4) is 0 Å². The second-order valence-corrected chi connectivity index (χ2v) is 8.45. The molecule has 162 valence electrons. The number of β-amino-alcohol motifs (C(OH)–C–C–N with tert-alkyl or cyclic N) is 1. The molecule has 1 aromatic rings. The number of aliphatic hydroxyl groups excluding tert-OH is 1. The van der Waals surface area contributed by atoms with Gasteiger partial charge in [0, 0.05) is 66.0 Å². The quantitative estimate of drug-likeness (QED) is 0.675. The highest BCUT2D eigenvalue weighted by Crippen LogP contribution is 2.14. The number of rotatable bonds is 8. The summed E-state index contributed by atoms with van der Waals surface area (Å²) >= 11 is 0. The maximum absolute atomic E-state index is 12.6. The highest BCUT2D eigenvalue weighted by Gasteiger charge is 2.25. The summed E-state index contributed by atoms with van der Waals surface area (Å²) in [7, 11) is 3.90. The zero-order valence-electron chi connectivity index (χ0n) is 17.9. The molecule has 3 rings (SSSR count). The average molecular weight is 405 g/mol. The van der Waals surface area contributed by atoms with Crippen LogP contribution in [0.5, 0.6) is 0 Å². The molecular formula is C22H36N4O3. The molecule has 1 aromatic carbocycles. The number of amides is 1. The van der Waals surface area contributed by atoms with Crippen molar-refractivity contribution in [1.29, 1.82) is 0 Å². The molecule has 0 unspecified atom stereocenters. The number of likely N-dealkylation sites (N-methyl/N-ethyl adjacent to an activating group) is 2. The lowest BCUT2D eigenvalue weighted by atomic mass is 10.1. The van der Waals surface area contributed by atoms with Crippen molar-refractivity contribution in [2.75, 3.05) is 73.1 Å². The van der Waals surface area contributed by atoms with Gasteiger partial charge in [-0.25, -0.2) is 0 Å². The summed E-state index contributed by atoms with van der Waals surface area (Å²) in [6, 6.07) is 10.4. The van der Waals surface area contributed by atoms with Gasteiger partial charge in [0.2, 0.25) is 5.91 Å². The first-order valence-corrected chi connectivity index (χ1v) is 10.7. The van der Waals surface area contributed by atoms with Crippen LogP contribution in [0.25, 0.3) is 0 Å². The van der Waals surface area contributed by atoms with Crippen molar-refractivity contribution in [1.82, 2.24) is 19.6 Å². The SMILES string of the molecule is CN1CCN(C[C@H](O)CN(C)C(=O)C[C@H]2CN(Cc3ccccc3)CCO2)CC1. The van der Waals surface area contributed by atoms with Gasteiger partial charge in [0.25, 0.3) is 0 Å². The first kappa shape index (κ1) is 22.2. The number of hydrogen-bond donors (Lipinski definition) is 1. The number of aliphatic hydroxyl groups is 1. The van der Waals surface area contributed by atoms with Gasteiger partial charge in [-0.1, -0.05) is 30.3 Å². The Morgan fingerprint density at radius 2 is 1.90 bits per heavy atom. The molecule has 0 bridgehead atoms. The topological polar surface area (TPSA) is 59.5 Å². The monoisotopic (exact) mass is 404 g/mol. The van der Waals surface area contributed by atoms with Crippen LogP contribution in [0.2, 0.25) is 0 Å². The number of carbonyl (C=O) groups is 1. The number of nitrogens with zero attached hydrogens (tertiary/aromatic N) is 4. The first-order chi connectivity index (χ1) is 14.0. The maximum Gasteiger partial charge on any atom is 0.225 e. The second-order valence-electron chi connectivity index (χ2n) is 8.45. The van der Waals surface area contributed by atoms with Gasteiger partial charge in [-0.2, -0.15) is 0 Å². The zero-order valence-corrected chi connectivity index (χ0v) is 17.9. The predicted molar refractivity (Wildman–Crippen MR) is 114 cm³/mol. The van der Waals surface area contributed by atoms with Crippen molar-refractivity contribution in [3.05, 3.63) is 35.9 Å². The molecule has 2 aliphatic heterocycles. The minimum absolute atomic E-state index is 0.0361. The molecule has 2 fully saturated rings. The number of benzene rings is 1. The van der Waals surface area contributed by atoms with Crippen LogP contribution in [0.4, 0.5) is 0 Å². The summed E-state index contributed by atoms with van der Waals surface area (Å²) in [6.07, 6.45) is -0.241. The van der Waals surface area contributed by atoms with Crippen LogP contribution in [-0.4, -0.2) is 116 Å². The summed E-state index contributed by atoms with van der Waals surface area (Å²) < 4.78 is 5.84. The van der Waals surface area contributed by atoms with Gasteiger partial charge in [0.15, 0.2) is 0 Å². The van der Waals surface area contributed by atoms with Crippen molar-refractivity contribution in [3.63, 3.8) is 0 Å². The number of carbonyl (C=O) groups excluding carboxylic acids is 1. The van der Waals surface area contributed by atoms with E-state index in [0.717, 1.165) is 45.8 Å². The third-order valence-corrected chi connectivity index (χ3v) is 5.85. The summed E-state index contributed by atoms with van der Waals surface area (Å²) in [6.45, 7) is 8.17. The van der Waals surface area contributed by atoms with Gasteiger partial charge >= 0.3 is 0 Å². The van der Waals surface area contributed by atoms with Crippen molar-refractivity contribution in [3.8, 4) is 0 Å². The summed E-state index contributed by atoms with van der Waals surface area (Å²) in [5.41, 5.74) is 1.28. The average Bonchev–Trinajstić information content (AvgIpc) is 2.70. The minimum atomic E-state index is -0.519. The van der Waals surface area contributed by atoms with E-state index < -0.39 is 6.10 Å². The fourth-order valence-corrected chi connectivity index (χ4v) is 4.04. The van der Waals surface area contributed by atoms with Crippen LogP contribution in [0.15, 0.2) is 30.3 Å². The fraction of sp³-hybridized carbons (Fsp3) is 0.682. The lowest BCUT2D eigenvalue weighted by Crippen LogP contribution is -2.49. The van der Waals surface area contributed by atoms with Crippen LogP contribution >= 0.6 is 0 Å². The molecule has 2 saturated heterocycles. The van der Waals surface area contributed by atoms with E-state index in [1.54, 1.807) is 11.9 Å². The lowest BCUT2D eigenvalue weighted by molar-refractivity contribution is -0.136. The van der Waals surface area contributed by atoms with Gasteiger partial charge in [0.1, 0.15) is 0 Å².